The molecular formula is C27H43NO3. The summed E-state index contributed by atoms with van der Waals surface area (Å²) in [6.07, 6.45) is 14.5. The minimum atomic E-state index is 0.0287. The van der Waals surface area contributed by atoms with Crippen LogP contribution in [0.3, 0.4) is 0 Å². The Balaban J connectivity index is 1.22. The fourth-order valence-electron chi connectivity index (χ4n) is 8.84. The number of fused-ring (bicyclic) bond motifs is 5. The molecule has 4 aliphatic carbocycles. The second kappa shape index (κ2) is 8.47. The average molecular weight is 430 g/mol. The summed E-state index contributed by atoms with van der Waals surface area (Å²) in [7, 11) is 0. The SMILES string of the molecule is C[C@]12CCC(=O)C[C@@H]1CC[C@@H]1[C@@H]2CC[C@]2(C)[C@@H](OC(=O)CCN3CCCCC3)CC[C@@H]12. The Morgan fingerprint density at radius 2 is 1.74 bits per heavy atom. The highest BCUT2D eigenvalue weighted by molar-refractivity contribution is 5.79. The van der Waals surface area contributed by atoms with Crippen LogP contribution in [0.5, 0.6) is 0 Å². The van der Waals surface area contributed by atoms with Crippen molar-refractivity contribution in [1.82, 2.24) is 4.90 Å². The van der Waals surface area contributed by atoms with E-state index in [-0.39, 0.29) is 17.5 Å². The van der Waals surface area contributed by atoms with Gasteiger partial charge < -0.3 is 9.64 Å². The fourth-order valence-corrected chi connectivity index (χ4v) is 8.84. The molecule has 7 atom stereocenters. The van der Waals surface area contributed by atoms with E-state index in [1.165, 1.54) is 51.4 Å². The summed E-state index contributed by atoms with van der Waals surface area (Å²) in [5, 5.41) is 0. The monoisotopic (exact) mass is 429 g/mol. The molecule has 0 N–H and O–H groups in total. The maximum atomic E-state index is 12.7. The van der Waals surface area contributed by atoms with Crippen molar-refractivity contribution in [2.45, 2.75) is 103 Å². The summed E-state index contributed by atoms with van der Waals surface area (Å²) in [5.74, 6) is 3.38. The Morgan fingerprint density at radius 3 is 2.55 bits per heavy atom. The summed E-state index contributed by atoms with van der Waals surface area (Å²) in [6, 6.07) is 0. The molecule has 5 rings (SSSR count). The van der Waals surface area contributed by atoms with Gasteiger partial charge in [-0.15, -0.1) is 0 Å². The van der Waals surface area contributed by atoms with Crippen molar-refractivity contribution in [3.05, 3.63) is 0 Å². The Kier molecular flexibility index (Phi) is 5.99. The van der Waals surface area contributed by atoms with Crippen molar-refractivity contribution in [3.8, 4) is 0 Å². The van der Waals surface area contributed by atoms with Gasteiger partial charge >= 0.3 is 5.97 Å². The van der Waals surface area contributed by atoms with Crippen LogP contribution in [0.25, 0.3) is 0 Å². The Morgan fingerprint density at radius 1 is 0.968 bits per heavy atom. The first-order valence-electron chi connectivity index (χ1n) is 13.3. The molecule has 5 aliphatic rings. The average Bonchev–Trinajstić information content (AvgIpc) is 3.10. The van der Waals surface area contributed by atoms with Gasteiger partial charge in [-0.2, -0.15) is 0 Å². The van der Waals surface area contributed by atoms with Gasteiger partial charge in [0.25, 0.3) is 0 Å². The first kappa shape index (κ1) is 21.9. The number of carbonyl (C=O) groups is 2. The van der Waals surface area contributed by atoms with Gasteiger partial charge in [-0.25, -0.2) is 0 Å². The number of Topliss-reactive ketones (excluding diaryl/α,β-unsaturated/α-hetero) is 1. The van der Waals surface area contributed by atoms with Crippen LogP contribution in [0.2, 0.25) is 0 Å². The molecule has 4 heteroatoms. The van der Waals surface area contributed by atoms with Crippen LogP contribution in [0.15, 0.2) is 0 Å². The normalized spacial score (nSPS) is 45.5. The van der Waals surface area contributed by atoms with Crippen LogP contribution in [-0.2, 0) is 14.3 Å². The number of likely N-dealkylation sites (tertiary alicyclic amines) is 1. The van der Waals surface area contributed by atoms with Gasteiger partial charge in [0.2, 0.25) is 0 Å². The Labute approximate surface area is 188 Å². The van der Waals surface area contributed by atoms with Gasteiger partial charge in [0.1, 0.15) is 11.9 Å². The standard InChI is InChI=1S/C27H43NO3/c1-26-13-10-20(29)18-19(26)6-7-21-22-8-9-24(27(22,2)14-11-23(21)26)31-25(30)12-17-28-15-4-3-5-16-28/h19,21-24H,3-18H2,1-2H3/t19-,21-,22-,23-,24-,26-,27-/m0/s1. The van der Waals surface area contributed by atoms with Crippen molar-refractivity contribution < 1.29 is 14.3 Å². The number of esters is 1. The molecule has 0 radical (unpaired) electrons. The van der Waals surface area contributed by atoms with Crippen LogP contribution >= 0.6 is 0 Å². The minimum Gasteiger partial charge on any atom is -0.462 e. The molecule has 1 saturated heterocycles. The highest BCUT2D eigenvalue weighted by Crippen LogP contribution is 2.66. The molecule has 5 fully saturated rings. The van der Waals surface area contributed by atoms with Crippen molar-refractivity contribution >= 4 is 11.8 Å². The molecule has 0 spiro atoms. The molecular weight excluding hydrogens is 386 g/mol. The summed E-state index contributed by atoms with van der Waals surface area (Å²) < 4.78 is 6.19. The highest BCUT2D eigenvalue weighted by Gasteiger charge is 2.61. The summed E-state index contributed by atoms with van der Waals surface area (Å²) in [6.45, 7) is 8.10. The van der Waals surface area contributed by atoms with Crippen LogP contribution in [-0.4, -0.2) is 42.4 Å². The van der Waals surface area contributed by atoms with Gasteiger partial charge in [0.15, 0.2) is 0 Å². The first-order valence-corrected chi connectivity index (χ1v) is 13.3. The number of nitrogens with zero attached hydrogens (tertiary/aromatic N) is 1. The predicted octanol–water partition coefficient (Wildman–Crippen LogP) is 5.39. The topological polar surface area (TPSA) is 46.6 Å². The van der Waals surface area contributed by atoms with E-state index in [2.05, 4.69) is 18.7 Å². The number of ketones is 1. The molecule has 0 aromatic carbocycles. The number of rotatable bonds is 4. The van der Waals surface area contributed by atoms with Crippen LogP contribution in [0.1, 0.15) is 97.3 Å². The third-order valence-electron chi connectivity index (χ3n) is 10.7. The first-order chi connectivity index (χ1) is 14.9. The van der Waals surface area contributed by atoms with Gasteiger partial charge in [-0.3, -0.25) is 9.59 Å². The molecule has 0 amide bonds. The second-order valence-corrected chi connectivity index (χ2v) is 12.2. The van der Waals surface area contributed by atoms with E-state index >= 15 is 0 Å². The molecule has 31 heavy (non-hydrogen) atoms. The number of hydrogen-bond acceptors (Lipinski definition) is 4. The van der Waals surface area contributed by atoms with Crippen LogP contribution in [0, 0.1) is 34.5 Å². The van der Waals surface area contributed by atoms with Crippen LogP contribution < -0.4 is 0 Å². The smallest absolute Gasteiger partial charge is 0.307 e. The van der Waals surface area contributed by atoms with Gasteiger partial charge in [-0.1, -0.05) is 20.3 Å². The second-order valence-electron chi connectivity index (χ2n) is 12.2. The summed E-state index contributed by atoms with van der Waals surface area (Å²) in [4.78, 5) is 27.3. The summed E-state index contributed by atoms with van der Waals surface area (Å²) in [5.41, 5.74) is 0.525. The number of piperidine rings is 1. The molecule has 0 aromatic heterocycles. The molecule has 0 unspecified atom stereocenters. The van der Waals surface area contributed by atoms with Crippen molar-refractivity contribution in [2.24, 2.45) is 34.5 Å². The molecule has 1 heterocycles. The zero-order valence-corrected chi connectivity index (χ0v) is 19.9. The Hall–Kier alpha value is -0.900. The van der Waals surface area contributed by atoms with Gasteiger partial charge in [-0.05, 0) is 100.0 Å². The molecule has 4 saturated carbocycles. The van der Waals surface area contributed by atoms with E-state index in [0.29, 0.717) is 29.5 Å². The molecule has 1 aliphatic heterocycles. The third kappa shape index (κ3) is 3.89. The van der Waals surface area contributed by atoms with E-state index in [4.69, 9.17) is 4.74 Å². The minimum absolute atomic E-state index is 0.0287. The molecule has 174 valence electrons. The summed E-state index contributed by atoms with van der Waals surface area (Å²) >= 11 is 0. The molecule has 0 bridgehead atoms. The fraction of sp³-hybridized carbons (Fsp3) is 0.926. The zero-order chi connectivity index (χ0) is 21.6. The maximum absolute atomic E-state index is 12.7. The van der Waals surface area contributed by atoms with Crippen molar-refractivity contribution in [3.63, 3.8) is 0 Å². The number of carbonyl (C=O) groups excluding carboxylic acids is 2. The highest BCUT2D eigenvalue weighted by atomic mass is 16.5. The maximum Gasteiger partial charge on any atom is 0.307 e. The van der Waals surface area contributed by atoms with E-state index in [9.17, 15) is 9.59 Å². The largest absolute Gasteiger partial charge is 0.462 e. The van der Waals surface area contributed by atoms with E-state index < -0.39 is 0 Å². The molecule has 0 aromatic rings. The van der Waals surface area contributed by atoms with E-state index in [1.807, 2.05) is 0 Å². The Bertz CT molecular complexity index is 701. The number of ether oxygens (including phenoxy) is 1. The van der Waals surface area contributed by atoms with E-state index in [0.717, 1.165) is 57.2 Å². The lowest BCUT2D eigenvalue weighted by Gasteiger charge is -2.60. The van der Waals surface area contributed by atoms with Gasteiger partial charge in [0.05, 0.1) is 6.42 Å². The van der Waals surface area contributed by atoms with Crippen LogP contribution in [0.4, 0.5) is 0 Å². The number of hydrogen-bond donors (Lipinski definition) is 0. The van der Waals surface area contributed by atoms with E-state index in [1.54, 1.807) is 0 Å². The lowest BCUT2D eigenvalue weighted by atomic mass is 9.45. The van der Waals surface area contributed by atoms with Gasteiger partial charge in [0, 0.05) is 24.8 Å². The quantitative estimate of drug-likeness (QED) is 0.563. The molecule has 4 nitrogen and oxygen atoms in total. The lowest BCUT2D eigenvalue weighted by Crippen LogP contribution is -2.54. The predicted molar refractivity (Wildman–Crippen MR) is 122 cm³/mol. The van der Waals surface area contributed by atoms with Crippen molar-refractivity contribution in [2.75, 3.05) is 19.6 Å². The van der Waals surface area contributed by atoms with Crippen molar-refractivity contribution in [1.29, 1.82) is 0 Å². The lowest BCUT2D eigenvalue weighted by molar-refractivity contribution is -0.164. The third-order valence-corrected chi connectivity index (χ3v) is 10.7. The zero-order valence-electron chi connectivity index (χ0n) is 19.9.